The van der Waals surface area contributed by atoms with Gasteiger partial charge >= 0.3 is 0 Å². The van der Waals surface area contributed by atoms with Crippen LogP contribution in [0.25, 0.3) is 11.0 Å². The van der Waals surface area contributed by atoms with Crippen molar-refractivity contribution >= 4 is 23.2 Å². The molecule has 6 heteroatoms. The first-order valence-corrected chi connectivity index (χ1v) is 6.85. The summed E-state index contributed by atoms with van der Waals surface area (Å²) in [6.07, 6.45) is 5.48. The average molecular weight is 285 g/mol. The lowest BCUT2D eigenvalue weighted by Crippen LogP contribution is -2.39. The highest BCUT2D eigenvalue weighted by molar-refractivity contribution is 5.88. The fourth-order valence-electron chi connectivity index (χ4n) is 1.93. The Hall–Kier alpha value is -2.34. The molecule has 6 nitrogen and oxygen atoms in total. The molecule has 1 heterocycles. The first-order valence-electron chi connectivity index (χ1n) is 6.85. The Labute approximate surface area is 123 Å². The maximum atomic E-state index is 11.7. The number of benzene rings is 1. The van der Waals surface area contributed by atoms with Gasteiger partial charge in [-0.1, -0.05) is 19.9 Å². The van der Waals surface area contributed by atoms with Crippen molar-refractivity contribution in [3.05, 3.63) is 36.2 Å². The van der Waals surface area contributed by atoms with Crippen LogP contribution in [0, 0.1) is 5.92 Å². The van der Waals surface area contributed by atoms with Crippen LogP contribution >= 0.6 is 0 Å². The Morgan fingerprint density at radius 2 is 2.05 bits per heavy atom. The van der Waals surface area contributed by atoms with E-state index in [1.807, 2.05) is 32.0 Å². The molecule has 110 valence electrons. The lowest BCUT2D eigenvalue weighted by Gasteiger charge is -2.11. The van der Waals surface area contributed by atoms with Crippen LogP contribution < -0.4 is 11.2 Å². The fourth-order valence-corrected chi connectivity index (χ4v) is 1.93. The minimum absolute atomic E-state index is 0.277. The van der Waals surface area contributed by atoms with Crippen LogP contribution in [-0.4, -0.2) is 28.1 Å². The molecule has 0 aliphatic carbocycles. The van der Waals surface area contributed by atoms with Crippen LogP contribution in [0.4, 0.5) is 0 Å². The number of nitrogens with zero attached hydrogens (tertiary/aromatic N) is 3. The summed E-state index contributed by atoms with van der Waals surface area (Å²) in [7, 11) is 0. The first-order chi connectivity index (χ1) is 10.1. The van der Waals surface area contributed by atoms with Gasteiger partial charge in [-0.25, -0.2) is 5.43 Å². The molecule has 21 heavy (non-hydrogen) atoms. The first kappa shape index (κ1) is 15.1. The maximum absolute atomic E-state index is 11.7. The number of nitrogens with one attached hydrogen (secondary N) is 1. The minimum atomic E-state index is -0.537. The van der Waals surface area contributed by atoms with E-state index in [0.717, 1.165) is 16.6 Å². The maximum Gasteiger partial charge on any atom is 0.256 e. The lowest BCUT2D eigenvalue weighted by molar-refractivity contribution is -0.122. The van der Waals surface area contributed by atoms with Gasteiger partial charge in [0.25, 0.3) is 5.91 Å². The quantitative estimate of drug-likeness (QED) is 0.642. The van der Waals surface area contributed by atoms with Crippen molar-refractivity contribution in [2.24, 2.45) is 16.8 Å². The summed E-state index contributed by atoms with van der Waals surface area (Å²) in [6.45, 7) is 4.04. The van der Waals surface area contributed by atoms with E-state index in [1.165, 1.54) is 0 Å². The molecule has 0 saturated carbocycles. The largest absolute Gasteiger partial charge is 0.320 e. The highest BCUT2D eigenvalue weighted by Crippen LogP contribution is 2.09. The van der Waals surface area contributed by atoms with Crippen molar-refractivity contribution in [3.63, 3.8) is 0 Å². The molecule has 0 aliphatic heterocycles. The van der Waals surface area contributed by atoms with Crippen molar-refractivity contribution in [2.75, 3.05) is 0 Å². The zero-order valence-corrected chi connectivity index (χ0v) is 12.2. The molecule has 0 saturated heterocycles. The summed E-state index contributed by atoms with van der Waals surface area (Å²) >= 11 is 0. The van der Waals surface area contributed by atoms with Gasteiger partial charge in [0.2, 0.25) is 0 Å². The highest BCUT2D eigenvalue weighted by atomic mass is 16.2. The predicted molar refractivity (Wildman–Crippen MR) is 82.7 cm³/mol. The fraction of sp³-hybridized carbons (Fsp3) is 0.333. The molecule has 2 rings (SSSR count). The predicted octanol–water partition coefficient (Wildman–Crippen LogP) is 1.45. The van der Waals surface area contributed by atoms with Crippen molar-refractivity contribution in [1.82, 2.24) is 15.4 Å². The van der Waals surface area contributed by atoms with Gasteiger partial charge in [-0.05, 0) is 30.0 Å². The van der Waals surface area contributed by atoms with Crippen LogP contribution in [-0.2, 0) is 4.79 Å². The zero-order valence-electron chi connectivity index (χ0n) is 12.2. The summed E-state index contributed by atoms with van der Waals surface area (Å²) in [6, 6.07) is 5.03. The van der Waals surface area contributed by atoms with Crippen LogP contribution in [0.2, 0.25) is 0 Å². The topological polar surface area (TPSA) is 93.3 Å². The molecule has 1 amide bonds. The van der Waals surface area contributed by atoms with Crippen LogP contribution in [0.5, 0.6) is 0 Å². The molecule has 0 aliphatic rings. The monoisotopic (exact) mass is 285 g/mol. The molecule has 0 radical (unpaired) electrons. The van der Waals surface area contributed by atoms with Gasteiger partial charge < -0.3 is 5.73 Å². The average Bonchev–Trinajstić information content (AvgIpc) is 2.46. The van der Waals surface area contributed by atoms with Crippen LogP contribution in [0.1, 0.15) is 25.8 Å². The number of hydrazone groups is 1. The number of nitrogens with two attached hydrogens (primary N) is 1. The third-order valence-corrected chi connectivity index (χ3v) is 2.94. The molecule has 0 bridgehead atoms. The Kier molecular flexibility index (Phi) is 4.94. The standard InChI is InChI=1S/C15H19N5O/c1-10(2)7-12(16)15(21)20-19-9-11-3-4-13-14(8-11)18-6-5-17-13/h3-6,8-10,12H,7,16H2,1-2H3,(H,20,21). The third kappa shape index (κ3) is 4.32. The third-order valence-electron chi connectivity index (χ3n) is 2.94. The molecular formula is C15H19N5O. The molecule has 3 N–H and O–H groups in total. The number of carbonyl (C=O) groups excluding carboxylic acids is 1. The number of hydrogen-bond acceptors (Lipinski definition) is 5. The van der Waals surface area contributed by atoms with Crippen molar-refractivity contribution < 1.29 is 4.79 Å². The summed E-state index contributed by atoms with van der Waals surface area (Å²) in [5.74, 6) is 0.0920. The number of carbonyl (C=O) groups is 1. The summed E-state index contributed by atoms with van der Waals surface area (Å²) in [5, 5.41) is 3.92. The Bertz CT molecular complexity index is 653. The van der Waals surface area contributed by atoms with Crippen molar-refractivity contribution in [1.29, 1.82) is 0 Å². The summed E-state index contributed by atoms with van der Waals surface area (Å²) in [4.78, 5) is 20.1. The Balaban J connectivity index is 1.98. The number of amides is 1. The molecule has 1 aromatic heterocycles. The molecule has 0 fully saturated rings. The van der Waals surface area contributed by atoms with Gasteiger partial charge in [0.15, 0.2) is 0 Å². The Morgan fingerprint density at radius 3 is 2.76 bits per heavy atom. The van der Waals surface area contributed by atoms with Gasteiger partial charge in [-0.2, -0.15) is 5.10 Å². The molecule has 2 aromatic rings. The Morgan fingerprint density at radius 1 is 1.33 bits per heavy atom. The van der Waals surface area contributed by atoms with Gasteiger partial charge in [0.1, 0.15) is 0 Å². The molecular weight excluding hydrogens is 266 g/mol. The summed E-state index contributed by atoms with van der Waals surface area (Å²) < 4.78 is 0. The van der Waals surface area contributed by atoms with E-state index in [9.17, 15) is 4.79 Å². The van der Waals surface area contributed by atoms with Gasteiger partial charge in [-0.3, -0.25) is 14.8 Å². The van der Waals surface area contributed by atoms with Crippen molar-refractivity contribution in [3.8, 4) is 0 Å². The normalized spacial score (nSPS) is 13.0. The van der Waals surface area contributed by atoms with Crippen molar-refractivity contribution in [2.45, 2.75) is 26.3 Å². The number of rotatable bonds is 5. The van der Waals surface area contributed by atoms with E-state index in [0.29, 0.717) is 12.3 Å². The second-order valence-electron chi connectivity index (χ2n) is 5.27. The molecule has 1 atom stereocenters. The van der Waals surface area contributed by atoms with E-state index in [1.54, 1.807) is 18.6 Å². The van der Waals surface area contributed by atoms with E-state index in [4.69, 9.17) is 5.73 Å². The SMILES string of the molecule is CC(C)CC(N)C(=O)NN=Cc1ccc2nccnc2c1. The van der Waals surface area contributed by atoms with Gasteiger partial charge in [0.05, 0.1) is 23.3 Å². The number of aromatic nitrogens is 2. The highest BCUT2D eigenvalue weighted by Gasteiger charge is 2.13. The second-order valence-corrected chi connectivity index (χ2v) is 5.27. The summed E-state index contributed by atoms with van der Waals surface area (Å²) in [5.41, 5.74) is 10.7. The van der Waals surface area contributed by atoms with Gasteiger partial charge in [0, 0.05) is 12.4 Å². The smallest absolute Gasteiger partial charge is 0.256 e. The number of hydrogen-bond donors (Lipinski definition) is 2. The molecule has 0 spiro atoms. The van der Waals surface area contributed by atoms with E-state index >= 15 is 0 Å². The van der Waals surface area contributed by atoms with E-state index in [-0.39, 0.29) is 5.91 Å². The minimum Gasteiger partial charge on any atom is -0.320 e. The van der Waals surface area contributed by atoms with Gasteiger partial charge in [-0.15, -0.1) is 0 Å². The molecule has 1 aromatic carbocycles. The molecule has 1 unspecified atom stereocenters. The van der Waals surface area contributed by atoms with E-state index in [2.05, 4.69) is 20.5 Å². The zero-order chi connectivity index (χ0) is 15.2. The van der Waals surface area contributed by atoms with E-state index < -0.39 is 6.04 Å². The lowest BCUT2D eigenvalue weighted by atomic mass is 10.0. The number of fused-ring (bicyclic) bond motifs is 1. The van der Waals surface area contributed by atoms with Crippen LogP contribution in [0.15, 0.2) is 35.7 Å². The second kappa shape index (κ2) is 6.90. The van der Waals surface area contributed by atoms with Crippen LogP contribution in [0.3, 0.4) is 0 Å².